The van der Waals surface area contributed by atoms with Crippen LogP contribution in [0.1, 0.15) is 15.2 Å². The van der Waals surface area contributed by atoms with Crippen LogP contribution in [0.3, 0.4) is 0 Å². The molecule has 98 valence electrons. The summed E-state index contributed by atoms with van der Waals surface area (Å²) >= 11 is 1.39. The summed E-state index contributed by atoms with van der Waals surface area (Å²) in [7, 11) is 1.60. The average molecular weight is 274 g/mol. The molecule has 1 amide bonds. The number of hydrogen-bond acceptors (Lipinski definition) is 4. The van der Waals surface area contributed by atoms with E-state index in [9.17, 15) is 4.79 Å². The van der Waals surface area contributed by atoms with Gasteiger partial charge in [-0.25, -0.2) is 0 Å². The maximum atomic E-state index is 12.5. The number of hydrogen-bond donors (Lipinski definition) is 1. The summed E-state index contributed by atoms with van der Waals surface area (Å²) in [4.78, 5) is 15.0. The monoisotopic (exact) mass is 274 g/mol. The molecule has 2 N–H and O–H groups in total. The minimum absolute atomic E-state index is 0.00931. The summed E-state index contributed by atoms with van der Waals surface area (Å²) in [5.74, 6) is 0.707. The Morgan fingerprint density at radius 2 is 2.32 bits per heavy atom. The zero-order chi connectivity index (χ0) is 13.4. The van der Waals surface area contributed by atoms with E-state index in [0.717, 1.165) is 17.7 Å². The van der Waals surface area contributed by atoms with Crippen molar-refractivity contribution >= 4 is 28.6 Å². The van der Waals surface area contributed by atoms with E-state index < -0.39 is 0 Å². The molecule has 1 aliphatic rings. The third-order valence-electron chi connectivity index (χ3n) is 3.29. The second kappa shape index (κ2) is 4.59. The number of carbonyl (C=O) groups excluding carboxylic acids is 1. The molecule has 0 unspecified atom stereocenters. The van der Waals surface area contributed by atoms with E-state index in [1.807, 2.05) is 23.6 Å². The highest BCUT2D eigenvalue weighted by atomic mass is 32.1. The molecular weight excluding hydrogens is 260 g/mol. The second-order valence-corrected chi connectivity index (χ2v) is 5.32. The van der Waals surface area contributed by atoms with Gasteiger partial charge in [0, 0.05) is 18.0 Å². The molecule has 0 fully saturated rings. The summed E-state index contributed by atoms with van der Waals surface area (Å²) in [6.07, 6.45) is 0.856. The van der Waals surface area contributed by atoms with Crippen LogP contribution in [0.2, 0.25) is 0 Å². The highest BCUT2D eigenvalue weighted by Crippen LogP contribution is 2.35. The molecule has 2 aromatic rings. The number of nitrogen functional groups attached to an aromatic ring is 1. The first-order valence-electron chi connectivity index (χ1n) is 6.02. The van der Waals surface area contributed by atoms with Gasteiger partial charge in [0.2, 0.25) is 0 Å². The molecule has 0 saturated carbocycles. The predicted octanol–water partition coefficient (Wildman–Crippen LogP) is 2.54. The zero-order valence-electron chi connectivity index (χ0n) is 10.6. The number of ether oxygens (including phenoxy) is 1. The molecule has 4 nitrogen and oxygen atoms in total. The Labute approximate surface area is 115 Å². The van der Waals surface area contributed by atoms with Gasteiger partial charge in [0.15, 0.2) is 0 Å². The van der Waals surface area contributed by atoms with Crippen molar-refractivity contribution in [2.75, 3.05) is 24.3 Å². The van der Waals surface area contributed by atoms with Crippen LogP contribution in [0.4, 0.5) is 11.4 Å². The van der Waals surface area contributed by atoms with Crippen LogP contribution in [0.15, 0.2) is 29.6 Å². The van der Waals surface area contributed by atoms with E-state index in [2.05, 4.69) is 0 Å². The summed E-state index contributed by atoms with van der Waals surface area (Å²) < 4.78 is 5.12. The third kappa shape index (κ3) is 1.96. The van der Waals surface area contributed by atoms with Crippen molar-refractivity contribution in [1.29, 1.82) is 0 Å². The molecule has 3 rings (SSSR count). The van der Waals surface area contributed by atoms with Crippen molar-refractivity contribution in [3.63, 3.8) is 0 Å². The number of anilines is 2. The first-order valence-corrected chi connectivity index (χ1v) is 6.90. The molecule has 0 bridgehead atoms. The number of carbonyl (C=O) groups is 1. The third-order valence-corrected chi connectivity index (χ3v) is 4.19. The van der Waals surface area contributed by atoms with Crippen LogP contribution < -0.4 is 15.4 Å². The number of nitrogens with zero attached hydrogens (tertiary/aromatic N) is 1. The number of nitrogens with two attached hydrogens (primary N) is 1. The largest absolute Gasteiger partial charge is 0.496 e. The van der Waals surface area contributed by atoms with Crippen molar-refractivity contribution in [3.05, 3.63) is 40.1 Å². The minimum atomic E-state index is -0.00931. The predicted molar refractivity (Wildman–Crippen MR) is 77.1 cm³/mol. The van der Waals surface area contributed by atoms with Gasteiger partial charge in [-0.15, -0.1) is 11.3 Å². The molecule has 5 heteroatoms. The SMILES string of the molecule is COc1csc(C(=O)N2CCc3cccc(N)c32)c1. The normalized spacial score (nSPS) is 13.4. The molecule has 0 aliphatic carbocycles. The maximum Gasteiger partial charge on any atom is 0.268 e. The van der Waals surface area contributed by atoms with Crippen molar-refractivity contribution in [1.82, 2.24) is 0 Å². The summed E-state index contributed by atoms with van der Waals surface area (Å²) in [5, 5.41) is 1.83. The topological polar surface area (TPSA) is 55.6 Å². The number of para-hydroxylation sites is 1. The van der Waals surface area contributed by atoms with Gasteiger partial charge in [-0.1, -0.05) is 12.1 Å². The molecule has 19 heavy (non-hydrogen) atoms. The maximum absolute atomic E-state index is 12.5. The fraction of sp³-hybridized carbons (Fsp3) is 0.214. The lowest BCUT2D eigenvalue weighted by atomic mass is 10.1. The van der Waals surface area contributed by atoms with Crippen molar-refractivity contribution in [3.8, 4) is 5.75 Å². The van der Waals surface area contributed by atoms with Crippen LogP contribution in [0, 0.1) is 0 Å². The van der Waals surface area contributed by atoms with E-state index in [1.54, 1.807) is 18.1 Å². The second-order valence-electron chi connectivity index (χ2n) is 4.41. The lowest BCUT2D eigenvalue weighted by Crippen LogP contribution is -2.28. The van der Waals surface area contributed by atoms with Gasteiger partial charge >= 0.3 is 0 Å². The Balaban J connectivity index is 1.95. The number of benzene rings is 1. The van der Waals surface area contributed by atoms with Gasteiger partial charge in [-0.05, 0) is 18.1 Å². The van der Waals surface area contributed by atoms with Crippen LogP contribution in [0.25, 0.3) is 0 Å². The highest BCUT2D eigenvalue weighted by Gasteiger charge is 2.28. The fourth-order valence-electron chi connectivity index (χ4n) is 2.36. The van der Waals surface area contributed by atoms with E-state index in [0.29, 0.717) is 22.9 Å². The Bertz CT molecular complexity index is 636. The van der Waals surface area contributed by atoms with Crippen LogP contribution in [-0.4, -0.2) is 19.6 Å². The summed E-state index contributed by atoms with van der Waals surface area (Å²) in [6, 6.07) is 7.55. The Kier molecular flexibility index (Phi) is 2.91. The standard InChI is InChI=1S/C14H14N2O2S/c1-18-10-7-12(19-8-10)14(17)16-6-5-9-3-2-4-11(15)13(9)16/h2-4,7-8H,5-6,15H2,1H3. The van der Waals surface area contributed by atoms with Gasteiger partial charge in [-0.2, -0.15) is 0 Å². The lowest BCUT2D eigenvalue weighted by molar-refractivity contribution is 0.0993. The Hall–Kier alpha value is -2.01. The van der Waals surface area contributed by atoms with Crippen LogP contribution in [0.5, 0.6) is 5.75 Å². The smallest absolute Gasteiger partial charge is 0.268 e. The molecule has 0 spiro atoms. The first kappa shape index (κ1) is 12.0. The highest BCUT2D eigenvalue weighted by molar-refractivity contribution is 7.12. The van der Waals surface area contributed by atoms with Gasteiger partial charge in [-0.3, -0.25) is 4.79 Å². The molecular formula is C14H14N2O2S. The van der Waals surface area contributed by atoms with E-state index >= 15 is 0 Å². The van der Waals surface area contributed by atoms with E-state index in [4.69, 9.17) is 10.5 Å². The first-order chi connectivity index (χ1) is 9.20. The van der Waals surface area contributed by atoms with Crippen molar-refractivity contribution in [2.24, 2.45) is 0 Å². The Morgan fingerprint density at radius 3 is 3.05 bits per heavy atom. The molecule has 2 heterocycles. The minimum Gasteiger partial charge on any atom is -0.496 e. The van der Waals surface area contributed by atoms with E-state index in [-0.39, 0.29) is 5.91 Å². The molecule has 0 radical (unpaired) electrons. The number of amides is 1. The Morgan fingerprint density at radius 1 is 1.47 bits per heavy atom. The van der Waals surface area contributed by atoms with E-state index in [1.165, 1.54) is 11.3 Å². The summed E-state index contributed by atoms with van der Waals surface area (Å²) in [6.45, 7) is 0.683. The van der Waals surface area contributed by atoms with Crippen molar-refractivity contribution < 1.29 is 9.53 Å². The summed E-state index contributed by atoms with van der Waals surface area (Å²) in [5.41, 5.74) is 8.65. The number of thiophene rings is 1. The molecule has 1 aliphatic heterocycles. The zero-order valence-corrected chi connectivity index (χ0v) is 11.4. The van der Waals surface area contributed by atoms with Gasteiger partial charge in [0.1, 0.15) is 5.75 Å². The van der Waals surface area contributed by atoms with Crippen LogP contribution in [-0.2, 0) is 6.42 Å². The van der Waals surface area contributed by atoms with Crippen LogP contribution >= 0.6 is 11.3 Å². The number of fused-ring (bicyclic) bond motifs is 1. The number of methoxy groups -OCH3 is 1. The quantitative estimate of drug-likeness (QED) is 0.856. The molecule has 0 atom stereocenters. The van der Waals surface area contributed by atoms with Gasteiger partial charge in [0.05, 0.1) is 23.4 Å². The fourth-order valence-corrected chi connectivity index (χ4v) is 3.16. The molecule has 1 aromatic carbocycles. The van der Waals surface area contributed by atoms with Gasteiger partial charge < -0.3 is 15.4 Å². The van der Waals surface area contributed by atoms with Gasteiger partial charge in [0.25, 0.3) is 5.91 Å². The molecule has 0 saturated heterocycles. The average Bonchev–Trinajstić information content (AvgIpc) is 3.05. The van der Waals surface area contributed by atoms with Crippen molar-refractivity contribution in [2.45, 2.75) is 6.42 Å². The number of rotatable bonds is 2. The molecule has 1 aromatic heterocycles. The lowest BCUT2D eigenvalue weighted by Gasteiger charge is -2.17.